The molecule has 0 unspecified atom stereocenters. The molecular weight excluding hydrogens is 344 g/mol. The SMILES string of the molecule is CN(Cc1nc2ccccc2s1)C(=O)c1ccc(S(C)(=O)=O)cc1. The largest absolute Gasteiger partial charge is 0.335 e. The quantitative estimate of drug-likeness (QED) is 0.717. The molecule has 5 nitrogen and oxygen atoms in total. The first-order valence-electron chi connectivity index (χ1n) is 7.24. The van der Waals surface area contributed by atoms with E-state index in [0.717, 1.165) is 21.5 Å². The lowest BCUT2D eigenvalue weighted by Gasteiger charge is -2.15. The van der Waals surface area contributed by atoms with Crippen LogP contribution in [0, 0.1) is 0 Å². The lowest BCUT2D eigenvalue weighted by Crippen LogP contribution is -2.26. The number of para-hydroxylation sites is 1. The van der Waals surface area contributed by atoms with E-state index in [4.69, 9.17) is 0 Å². The molecule has 2 aromatic carbocycles. The van der Waals surface area contributed by atoms with E-state index >= 15 is 0 Å². The van der Waals surface area contributed by atoms with Crippen molar-refractivity contribution in [2.45, 2.75) is 11.4 Å². The molecule has 1 heterocycles. The van der Waals surface area contributed by atoms with Gasteiger partial charge < -0.3 is 4.90 Å². The van der Waals surface area contributed by atoms with Gasteiger partial charge in [-0.1, -0.05) is 12.1 Å². The first-order chi connectivity index (χ1) is 11.3. The summed E-state index contributed by atoms with van der Waals surface area (Å²) in [5.41, 5.74) is 1.38. The topological polar surface area (TPSA) is 67.3 Å². The summed E-state index contributed by atoms with van der Waals surface area (Å²) in [7, 11) is -1.55. The van der Waals surface area contributed by atoms with Crippen molar-refractivity contribution in [2.75, 3.05) is 13.3 Å². The average Bonchev–Trinajstić information content (AvgIpc) is 2.95. The number of sulfone groups is 1. The minimum absolute atomic E-state index is 0.172. The van der Waals surface area contributed by atoms with Gasteiger partial charge >= 0.3 is 0 Å². The summed E-state index contributed by atoms with van der Waals surface area (Å²) in [6, 6.07) is 13.8. The number of carbonyl (C=O) groups is 1. The number of amides is 1. The second-order valence-corrected chi connectivity index (χ2v) is 8.66. The zero-order valence-corrected chi connectivity index (χ0v) is 14.9. The van der Waals surface area contributed by atoms with Gasteiger partial charge in [0.15, 0.2) is 9.84 Å². The van der Waals surface area contributed by atoms with Crippen LogP contribution in [0.4, 0.5) is 0 Å². The maximum absolute atomic E-state index is 12.5. The zero-order valence-electron chi connectivity index (χ0n) is 13.3. The third kappa shape index (κ3) is 3.47. The predicted octanol–water partition coefficient (Wildman–Crippen LogP) is 2.97. The summed E-state index contributed by atoms with van der Waals surface area (Å²) in [5.74, 6) is -0.172. The third-order valence-corrected chi connectivity index (χ3v) is 5.74. The van der Waals surface area contributed by atoms with Crippen LogP contribution < -0.4 is 0 Å². The van der Waals surface area contributed by atoms with Crippen molar-refractivity contribution in [3.05, 3.63) is 59.1 Å². The van der Waals surface area contributed by atoms with Gasteiger partial charge in [-0.3, -0.25) is 4.79 Å². The van der Waals surface area contributed by atoms with E-state index in [0.29, 0.717) is 12.1 Å². The normalized spacial score (nSPS) is 11.6. The van der Waals surface area contributed by atoms with E-state index in [1.807, 2.05) is 24.3 Å². The molecule has 7 heteroatoms. The van der Waals surface area contributed by atoms with Gasteiger partial charge in [0.05, 0.1) is 21.7 Å². The van der Waals surface area contributed by atoms with E-state index in [1.165, 1.54) is 24.3 Å². The standard InChI is InChI=1S/C17H16N2O3S2/c1-19(11-16-18-14-5-3-4-6-15(14)23-16)17(20)12-7-9-13(10-8-12)24(2,21)22/h3-10H,11H2,1-2H3. The number of aromatic nitrogens is 1. The summed E-state index contributed by atoms with van der Waals surface area (Å²) in [6.45, 7) is 0.409. The van der Waals surface area contributed by atoms with Crippen LogP contribution >= 0.6 is 11.3 Å². The fourth-order valence-corrected chi connectivity index (χ4v) is 3.98. The van der Waals surface area contributed by atoms with Crippen LogP contribution in [0.25, 0.3) is 10.2 Å². The van der Waals surface area contributed by atoms with Crippen LogP contribution in [0.3, 0.4) is 0 Å². The van der Waals surface area contributed by atoms with Crippen LogP contribution in [0.1, 0.15) is 15.4 Å². The molecule has 3 aromatic rings. The Morgan fingerprint density at radius 2 is 1.79 bits per heavy atom. The van der Waals surface area contributed by atoms with Crippen molar-refractivity contribution >= 4 is 37.3 Å². The molecule has 0 bridgehead atoms. The maximum atomic E-state index is 12.5. The number of thiazole rings is 1. The molecule has 0 N–H and O–H groups in total. The fourth-order valence-electron chi connectivity index (χ4n) is 2.33. The Morgan fingerprint density at radius 1 is 1.12 bits per heavy atom. The molecule has 1 amide bonds. The highest BCUT2D eigenvalue weighted by molar-refractivity contribution is 7.90. The number of fused-ring (bicyclic) bond motifs is 1. The minimum atomic E-state index is -3.26. The lowest BCUT2D eigenvalue weighted by atomic mass is 10.2. The lowest BCUT2D eigenvalue weighted by molar-refractivity contribution is 0.0785. The van der Waals surface area contributed by atoms with Gasteiger partial charge in [0.2, 0.25) is 0 Å². The Morgan fingerprint density at radius 3 is 2.42 bits per heavy atom. The molecule has 124 valence electrons. The Kier molecular flexibility index (Phi) is 4.38. The molecule has 24 heavy (non-hydrogen) atoms. The van der Waals surface area contributed by atoms with E-state index in [9.17, 15) is 13.2 Å². The van der Waals surface area contributed by atoms with Gasteiger partial charge in [-0.15, -0.1) is 11.3 Å². The van der Waals surface area contributed by atoms with Gasteiger partial charge in [-0.25, -0.2) is 13.4 Å². The smallest absolute Gasteiger partial charge is 0.253 e. The molecule has 0 fully saturated rings. The van der Waals surface area contributed by atoms with Gasteiger partial charge in [-0.05, 0) is 36.4 Å². The van der Waals surface area contributed by atoms with E-state index in [1.54, 1.807) is 23.3 Å². The van der Waals surface area contributed by atoms with E-state index < -0.39 is 9.84 Å². The van der Waals surface area contributed by atoms with Crippen LogP contribution in [0.5, 0.6) is 0 Å². The van der Waals surface area contributed by atoms with Crippen molar-refractivity contribution in [1.29, 1.82) is 0 Å². The predicted molar refractivity (Wildman–Crippen MR) is 95.0 cm³/mol. The van der Waals surface area contributed by atoms with Crippen LogP contribution in [-0.4, -0.2) is 37.5 Å². The van der Waals surface area contributed by atoms with Gasteiger partial charge in [0, 0.05) is 18.9 Å². The third-order valence-electron chi connectivity index (χ3n) is 3.59. The van der Waals surface area contributed by atoms with Gasteiger partial charge in [0.1, 0.15) is 5.01 Å². The second-order valence-electron chi connectivity index (χ2n) is 5.53. The monoisotopic (exact) mass is 360 g/mol. The van der Waals surface area contributed by atoms with Crippen molar-refractivity contribution in [1.82, 2.24) is 9.88 Å². The molecule has 0 aliphatic heterocycles. The second kappa shape index (κ2) is 6.33. The van der Waals surface area contributed by atoms with Gasteiger partial charge in [0.25, 0.3) is 5.91 Å². The first kappa shape index (κ1) is 16.6. The summed E-state index contributed by atoms with van der Waals surface area (Å²) in [4.78, 5) is 18.8. The highest BCUT2D eigenvalue weighted by atomic mass is 32.2. The molecule has 3 rings (SSSR count). The molecule has 0 aliphatic carbocycles. The highest BCUT2D eigenvalue weighted by Crippen LogP contribution is 2.23. The van der Waals surface area contributed by atoms with Crippen molar-refractivity contribution in [3.8, 4) is 0 Å². The Labute approximate surface area is 144 Å². The molecule has 1 aromatic heterocycles. The highest BCUT2D eigenvalue weighted by Gasteiger charge is 2.15. The summed E-state index contributed by atoms with van der Waals surface area (Å²) in [6.07, 6.45) is 1.14. The summed E-state index contributed by atoms with van der Waals surface area (Å²) < 4.78 is 24.0. The Balaban J connectivity index is 1.76. The maximum Gasteiger partial charge on any atom is 0.253 e. The molecule has 0 saturated carbocycles. The average molecular weight is 360 g/mol. The van der Waals surface area contributed by atoms with Crippen molar-refractivity contribution in [3.63, 3.8) is 0 Å². The summed E-state index contributed by atoms with van der Waals surface area (Å²) in [5, 5.41) is 0.861. The molecule has 0 aliphatic rings. The fraction of sp³-hybridized carbons (Fsp3) is 0.176. The van der Waals surface area contributed by atoms with E-state index in [-0.39, 0.29) is 10.8 Å². The number of hydrogen-bond donors (Lipinski definition) is 0. The van der Waals surface area contributed by atoms with Crippen molar-refractivity contribution in [2.24, 2.45) is 0 Å². The molecular formula is C17H16N2O3S2. The number of nitrogens with zero attached hydrogens (tertiary/aromatic N) is 2. The van der Waals surface area contributed by atoms with Crippen LogP contribution in [-0.2, 0) is 16.4 Å². The number of hydrogen-bond acceptors (Lipinski definition) is 5. The van der Waals surface area contributed by atoms with Gasteiger partial charge in [-0.2, -0.15) is 0 Å². The molecule has 0 radical (unpaired) electrons. The van der Waals surface area contributed by atoms with Crippen molar-refractivity contribution < 1.29 is 13.2 Å². The number of carbonyl (C=O) groups excluding carboxylic acids is 1. The number of rotatable bonds is 4. The van der Waals surface area contributed by atoms with Crippen LogP contribution in [0.15, 0.2) is 53.4 Å². The Hall–Kier alpha value is -2.25. The molecule has 0 spiro atoms. The zero-order chi connectivity index (χ0) is 17.3. The molecule has 0 saturated heterocycles. The van der Waals surface area contributed by atoms with Crippen LogP contribution in [0.2, 0.25) is 0 Å². The molecule has 0 atom stereocenters. The minimum Gasteiger partial charge on any atom is -0.335 e. The number of benzene rings is 2. The summed E-state index contributed by atoms with van der Waals surface area (Å²) >= 11 is 1.56. The van der Waals surface area contributed by atoms with E-state index in [2.05, 4.69) is 4.98 Å². The first-order valence-corrected chi connectivity index (χ1v) is 9.95. The Bertz CT molecular complexity index is 959.